The topological polar surface area (TPSA) is 54.5 Å². The van der Waals surface area contributed by atoms with Gasteiger partial charge in [-0.25, -0.2) is 8.42 Å². The number of sulfone groups is 1. The van der Waals surface area contributed by atoms with Crippen LogP contribution in [0, 0.1) is 5.92 Å². The van der Waals surface area contributed by atoms with E-state index in [9.17, 15) is 13.2 Å². The smallest absolute Gasteiger partial charge is 0.226 e. The Morgan fingerprint density at radius 1 is 1.20 bits per heavy atom. The van der Waals surface area contributed by atoms with Crippen molar-refractivity contribution in [1.29, 1.82) is 0 Å². The molecule has 1 saturated heterocycles. The Morgan fingerprint density at radius 3 is 2.35 bits per heavy atom. The van der Waals surface area contributed by atoms with E-state index >= 15 is 0 Å². The summed E-state index contributed by atoms with van der Waals surface area (Å²) < 4.78 is 22.6. The molecule has 1 amide bonds. The predicted octanol–water partition coefficient (Wildman–Crippen LogP) is 1.51. The maximum absolute atomic E-state index is 12.2. The molecule has 0 saturated carbocycles. The molecule has 0 spiro atoms. The van der Waals surface area contributed by atoms with Gasteiger partial charge in [-0.2, -0.15) is 0 Å². The van der Waals surface area contributed by atoms with Gasteiger partial charge in [-0.15, -0.1) is 0 Å². The standard InChI is InChI=1S/C15H21NO3S/c1-20(18,19)12-14-7-9-16(10-8-14)15(17)11-13-5-3-2-4-6-13/h2-6,14H,7-12H2,1H3. The number of benzene rings is 1. The minimum atomic E-state index is -2.91. The SMILES string of the molecule is CS(=O)(=O)CC1CCN(C(=O)Cc2ccccc2)CC1. The Labute approximate surface area is 120 Å². The summed E-state index contributed by atoms with van der Waals surface area (Å²) in [6.07, 6.45) is 3.28. The van der Waals surface area contributed by atoms with Crippen LogP contribution in [0.1, 0.15) is 18.4 Å². The molecule has 4 nitrogen and oxygen atoms in total. The summed E-state index contributed by atoms with van der Waals surface area (Å²) in [4.78, 5) is 14.0. The van der Waals surface area contributed by atoms with Crippen molar-refractivity contribution >= 4 is 15.7 Å². The highest BCUT2D eigenvalue weighted by Crippen LogP contribution is 2.19. The summed E-state index contributed by atoms with van der Waals surface area (Å²) in [5.74, 6) is 0.577. The van der Waals surface area contributed by atoms with Gasteiger partial charge in [-0.3, -0.25) is 4.79 Å². The van der Waals surface area contributed by atoms with Crippen LogP contribution in [0.15, 0.2) is 30.3 Å². The predicted molar refractivity (Wildman–Crippen MR) is 79.2 cm³/mol. The van der Waals surface area contributed by atoms with Crippen LogP contribution < -0.4 is 0 Å². The molecule has 0 radical (unpaired) electrons. The normalized spacial score (nSPS) is 17.1. The van der Waals surface area contributed by atoms with Crippen LogP contribution in [-0.2, 0) is 21.1 Å². The summed E-state index contributed by atoms with van der Waals surface area (Å²) in [6, 6.07) is 9.70. The van der Waals surface area contributed by atoms with E-state index in [2.05, 4.69) is 0 Å². The van der Waals surface area contributed by atoms with Gasteiger partial charge in [0.25, 0.3) is 0 Å². The van der Waals surface area contributed by atoms with Crippen LogP contribution in [-0.4, -0.2) is 44.3 Å². The average molecular weight is 295 g/mol. The van der Waals surface area contributed by atoms with E-state index in [1.807, 2.05) is 35.2 Å². The van der Waals surface area contributed by atoms with Gasteiger partial charge in [0.05, 0.1) is 12.2 Å². The third-order valence-corrected chi connectivity index (χ3v) is 4.78. The van der Waals surface area contributed by atoms with Crippen molar-refractivity contribution in [2.24, 2.45) is 5.92 Å². The number of hydrogen-bond acceptors (Lipinski definition) is 3. The van der Waals surface area contributed by atoms with Crippen molar-refractivity contribution in [3.63, 3.8) is 0 Å². The second kappa shape index (κ2) is 6.39. The zero-order chi connectivity index (χ0) is 14.6. The first-order valence-corrected chi connectivity index (χ1v) is 8.99. The summed E-state index contributed by atoms with van der Waals surface area (Å²) in [7, 11) is -2.91. The highest BCUT2D eigenvalue weighted by molar-refractivity contribution is 7.90. The molecular weight excluding hydrogens is 274 g/mol. The van der Waals surface area contributed by atoms with E-state index in [1.54, 1.807) is 0 Å². The van der Waals surface area contributed by atoms with Crippen LogP contribution in [0.4, 0.5) is 0 Å². The Bertz CT molecular complexity index is 546. The van der Waals surface area contributed by atoms with Gasteiger partial charge in [-0.05, 0) is 24.3 Å². The van der Waals surface area contributed by atoms with E-state index in [0.29, 0.717) is 19.5 Å². The number of carbonyl (C=O) groups excluding carboxylic acids is 1. The maximum atomic E-state index is 12.2. The second-order valence-corrected chi connectivity index (χ2v) is 7.76. The largest absolute Gasteiger partial charge is 0.342 e. The third-order valence-electron chi connectivity index (χ3n) is 3.70. The molecule has 1 aromatic carbocycles. The zero-order valence-electron chi connectivity index (χ0n) is 11.8. The molecule has 1 fully saturated rings. The molecule has 0 N–H and O–H groups in total. The van der Waals surface area contributed by atoms with Crippen molar-refractivity contribution in [3.05, 3.63) is 35.9 Å². The molecule has 2 rings (SSSR count). The molecular formula is C15H21NO3S. The van der Waals surface area contributed by atoms with Crippen LogP contribution >= 0.6 is 0 Å². The average Bonchev–Trinajstić information content (AvgIpc) is 2.39. The molecule has 5 heteroatoms. The van der Waals surface area contributed by atoms with Gasteiger partial charge in [0.1, 0.15) is 9.84 Å². The molecule has 1 heterocycles. The number of nitrogens with zero attached hydrogens (tertiary/aromatic N) is 1. The number of carbonyl (C=O) groups is 1. The fourth-order valence-corrected chi connectivity index (χ4v) is 3.85. The molecule has 20 heavy (non-hydrogen) atoms. The van der Waals surface area contributed by atoms with Crippen LogP contribution in [0.5, 0.6) is 0 Å². The minimum Gasteiger partial charge on any atom is -0.342 e. The van der Waals surface area contributed by atoms with Gasteiger partial charge in [-0.1, -0.05) is 30.3 Å². The lowest BCUT2D eigenvalue weighted by atomic mass is 9.98. The van der Waals surface area contributed by atoms with Crippen LogP contribution in [0.2, 0.25) is 0 Å². The van der Waals surface area contributed by atoms with Crippen molar-refractivity contribution in [3.8, 4) is 0 Å². The molecule has 0 aliphatic carbocycles. The molecule has 1 aromatic rings. The molecule has 0 aromatic heterocycles. The zero-order valence-corrected chi connectivity index (χ0v) is 12.6. The van der Waals surface area contributed by atoms with Crippen molar-refractivity contribution in [1.82, 2.24) is 4.90 Å². The molecule has 110 valence electrons. The maximum Gasteiger partial charge on any atom is 0.226 e. The Kier molecular flexibility index (Phi) is 4.81. The van der Waals surface area contributed by atoms with Crippen molar-refractivity contribution < 1.29 is 13.2 Å². The molecule has 1 aliphatic rings. The number of hydrogen-bond donors (Lipinski definition) is 0. The summed E-state index contributed by atoms with van der Waals surface area (Å²) in [5.41, 5.74) is 1.02. The summed E-state index contributed by atoms with van der Waals surface area (Å²) in [6.45, 7) is 1.34. The van der Waals surface area contributed by atoms with E-state index in [0.717, 1.165) is 18.4 Å². The fourth-order valence-electron chi connectivity index (χ4n) is 2.66. The first kappa shape index (κ1) is 15.0. The Hall–Kier alpha value is -1.36. The fraction of sp³-hybridized carbons (Fsp3) is 0.533. The van der Waals surface area contributed by atoms with Gasteiger partial charge in [0, 0.05) is 19.3 Å². The molecule has 0 bridgehead atoms. The molecule has 0 unspecified atom stereocenters. The number of rotatable bonds is 4. The molecule has 0 atom stereocenters. The van der Waals surface area contributed by atoms with Gasteiger partial charge in [0.2, 0.25) is 5.91 Å². The quantitative estimate of drug-likeness (QED) is 0.846. The van der Waals surface area contributed by atoms with Gasteiger partial charge < -0.3 is 4.90 Å². The number of likely N-dealkylation sites (tertiary alicyclic amines) is 1. The minimum absolute atomic E-state index is 0.133. The number of amides is 1. The number of piperidine rings is 1. The van der Waals surface area contributed by atoms with Gasteiger partial charge in [0.15, 0.2) is 0 Å². The first-order chi connectivity index (χ1) is 9.44. The third kappa shape index (κ3) is 4.63. The molecule has 1 aliphatic heterocycles. The highest BCUT2D eigenvalue weighted by atomic mass is 32.2. The van der Waals surface area contributed by atoms with Crippen LogP contribution in [0.25, 0.3) is 0 Å². The second-order valence-electron chi connectivity index (χ2n) is 5.58. The lowest BCUT2D eigenvalue weighted by molar-refractivity contribution is -0.131. The van der Waals surface area contributed by atoms with Crippen molar-refractivity contribution in [2.45, 2.75) is 19.3 Å². The Balaban J connectivity index is 1.83. The van der Waals surface area contributed by atoms with E-state index in [4.69, 9.17) is 0 Å². The highest BCUT2D eigenvalue weighted by Gasteiger charge is 2.24. The summed E-state index contributed by atoms with van der Waals surface area (Å²) >= 11 is 0. The van der Waals surface area contributed by atoms with E-state index in [-0.39, 0.29) is 17.6 Å². The van der Waals surface area contributed by atoms with Crippen LogP contribution in [0.3, 0.4) is 0 Å². The lowest BCUT2D eigenvalue weighted by Gasteiger charge is -2.31. The van der Waals surface area contributed by atoms with E-state index < -0.39 is 9.84 Å². The van der Waals surface area contributed by atoms with Gasteiger partial charge >= 0.3 is 0 Å². The Morgan fingerprint density at radius 2 is 1.80 bits per heavy atom. The van der Waals surface area contributed by atoms with E-state index in [1.165, 1.54) is 6.26 Å². The summed E-state index contributed by atoms with van der Waals surface area (Å²) in [5, 5.41) is 0. The monoisotopic (exact) mass is 295 g/mol. The lowest BCUT2D eigenvalue weighted by Crippen LogP contribution is -2.40. The first-order valence-electron chi connectivity index (χ1n) is 6.93. The van der Waals surface area contributed by atoms with Crippen molar-refractivity contribution in [2.75, 3.05) is 25.1 Å².